The van der Waals surface area contributed by atoms with Crippen LogP contribution in [0.3, 0.4) is 0 Å². The summed E-state index contributed by atoms with van der Waals surface area (Å²) in [7, 11) is -3.24. The zero-order chi connectivity index (χ0) is 20.2. The molecule has 2 rings (SSSR count). The average Bonchev–Trinajstić information content (AvgIpc) is 2.93. The number of aliphatic hydroxyl groups is 2. The first-order valence-electron chi connectivity index (χ1n) is 8.20. The summed E-state index contributed by atoms with van der Waals surface area (Å²) in [6.45, 7) is -1.02. The quantitative estimate of drug-likeness (QED) is 0.604. The monoisotopic (exact) mass is 410 g/mol. The number of hydrogen-bond acceptors (Lipinski definition) is 6. The van der Waals surface area contributed by atoms with E-state index in [2.05, 4.69) is 5.32 Å². The third-order valence-electron chi connectivity index (χ3n) is 4.20. The Morgan fingerprint density at radius 1 is 1.37 bits per heavy atom. The Morgan fingerprint density at radius 3 is 2.63 bits per heavy atom. The second-order valence-electron chi connectivity index (χ2n) is 6.45. The van der Waals surface area contributed by atoms with Crippen LogP contribution in [0.2, 0.25) is 0 Å². The molecule has 1 aliphatic heterocycles. The van der Waals surface area contributed by atoms with Crippen molar-refractivity contribution in [1.82, 2.24) is 4.90 Å². The zero-order valence-corrected chi connectivity index (χ0v) is 15.1. The van der Waals surface area contributed by atoms with E-state index in [-0.39, 0.29) is 36.7 Å². The number of halogens is 3. The second-order valence-corrected chi connectivity index (χ2v) is 8.68. The first kappa shape index (κ1) is 21.6. The average molecular weight is 410 g/mol. The molecule has 0 aromatic heterocycles. The molecule has 1 saturated heterocycles. The number of alkyl halides is 3. The molecular weight excluding hydrogens is 389 g/mol. The number of nitrogens with zero attached hydrogens (tertiary/aromatic N) is 1. The number of carbonyl (C=O) groups excluding carboxylic acids is 1. The van der Waals surface area contributed by atoms with Crippen LogP contribution in [0.4, 0.5) is 18.9 Å². The molecular formula is C16H21F3N2O5S. The topological polar surface area (TPSA) is 107 Å². The van der Waals surface area contributed by atoms with Gasteiger partial charge in [-0.15, -0.1) is 0 Å². The number of nitrogens with one attached hydrogen (secondary N) is 1. The molecule has 27 heavy (non-hydrogen) atoms. The van der Waals surface area contributed by atoms with Crippen LogP contribution in [0, 0.1) is 0 Å². The van der Waals surface area contributed by atoms with Gasteiger partial charge in [-0.1, -0.05) is 6.07 Å². The van der Waals surface area contributed by atoms with Gasteiger partial charge in [-0.2, -0.15) is 13.2 Å². The van der Waals surface area contributed by atoms with E-state index in [1.165, 1.54) is 11.0 Å². The van der Waals surface area contributed by atoms with Crippen LogP contribution < -0.4 is 5.32 Å². The minimum absolute atomic E-state index is 0.0430. The third kappa shape index (κ3) is 6.45. The fourth-order valence-electron chi connectivity index (χ4n) is 2.89. The molecule has 1 heterocycles. The van der Waals surface area contributed by atoms with Gasteiger partial charge in [-0.05, 0) is 24.6 Å². The van der Waals surface area contributed by atoms with Crippen LogP contribution >= 0.6 is 0 Å². The Hall–Kier alpha value is -1.69. The van der Waals surface area contributed by atoms with Gasteiger partial charge in [0.05, 0.1) is 36.3 Å². The Labute approximate surface area is 154 Å². The van der Waals surface area contributed by atoms with E-state index in [4.69, 9.17) is 5.11 Å². The minimum Gasteiger partial charge on any atom is -0.394 e. The Kier molecular flexibility index (Phi) is 6.84. The lowest BCUT2D eigenvalue weighted by molar-refractivity contribution is -0.137. The fraction of sp³-hybridized carbons (Fsp3) is 0.562. The van der Waals surface area contributed by atoms with Gasteiger partial charge in [0.25, 0.3) is 0 Å². The second kappa shape index (κ2) is 8.55. The summed E-state index contributed by atoms with van der Waals surface area (Å²) in [5.41, 5.74) is -0.953. The molecule has 3 N–H and O–H groups in total. The van der Waals surface area contributed by atoms with Crippen molar-refractivity contribution in [2.45, 2.75) is 24.7 Å². The maximum Gasteiger partial charge on any atom is 0.416 e. The first-order chi connectivity index (χ1) is 12.5. The number of rotatable bonds is 7. The molecule has 0 aliphatic carbocycles. The van der Waals surface area contributed by atoms with Gasteiger partial charge in [-0.25, -0.2) is 8.42 Å². The zero-order valence-electron chi connectivity index (χ0n) is 14.3. The highest BCUT2D eigenvalue weighted by Crippen LogP contribution is 2.30. The molecule has 2 unspecified atom stereocenters. The number of amides is 1. The summed E-state index contributed by atoms with van der Waals surface area (Å²) < 4.78 is 61.6. The van der Waals surface area contributed by atoms with Gasteiger partial charge in [0.15, 0.2) is 9.84 Å². The normalized spacial score (nSPS) is 20.6. The third-order valence-corrected chi connectivity index (χ3v) is 5.95. The molecule has 1 fully saturated rings. The Morgan fingerprint density at radius 2 is 2.07 bits per heavy atom. The maximum atomic E-state index is 12.7. The van der Waals surface area contributed by atoms with Crippen LogP contribution in [0.25, 0.3) is 0 Å². The highest BCUT2D eigenvalue weighted by Gasteiger charge is 2.34. The SMILES string of the molecule is O=C(CN(CC(O)CO)C1CCS(=O)(=O)C1)Nc1cccc(C(F)(F)F)c1. The first-order valence-corrected chi connectivity index (χ1v) is 10.0. The molecule has 7 nitrogen and oxygen atoms in total. The summed E-state index contributed by atoms with van der Waals surface area (Å²) in [4.78, 5) is 13.7. The predicted octanol–water partition coefficient (Wildman–Crippen LogP) is 0.486. The summed E-state index contributed by atoms with van der Waals surface area (Å²) in [5.74, 6) is -0.871. The van der Waals surface area contributed by atoms with Crippen molar-refractivity contribution in [1.29, 1.82) is 0 Å². The van der Waals surface area contributed by atoms with E-state index in [0.29, 0.717) is 0 Å². The molecule has 0 radical (unpaired) electrons. The van der Waals surface area contributed by atoms with Crippen LogP contribution in [0.1, 0.15) is 12.0 Å². The molecule has 0 bridgehead atoms. The van der Waals surface area contributed by atoms with E-state index in [0.717, 1.165) is 18.2 Å². The molecule has 152 valence electrons. The van der Waals surface area contributed by atoms with Crippen molar-refractivity contribution in [3.63, 3.8) is 0 Å². The van der Waals surface area contributed by atoms with E-state index < -0.39 is 46.2 Å². The van der Waals surface area contributed by atoms with Gasteiger partial charge in [0.2, 0.25) is 5.91 Å². The molecule has 1 amide bonds. The summed E-state index contributed by atoms with van der Waals surface area (Å²) in [6.07, 6.45) is -5.44. The smallest absolute Gasteiger partial charge is 0.394 e. The van der Waals surface area contributed by atoms with Crippen molar-refractivity contribution in [2.75, 3.05) is 36.5 Å². The van der Waals surface area contributed by atoms with Crippen LogP contribution in [-0.2, 0) is 20.8 Å². The van der Waals surface area contributed by atoms with Crippen LogP contribution in [0.5, 0.6) is 0 Å². The number of anilines is 1. The number of carbonyl (C=O) groups is 1. The summed E-state index contributed by atoms with van der Waals surface area (Å²) >= 11 is 0. The lowest BCUT2D eigenvalue weighted by Gasteiger charge is -2.29. The van der Waals surface area contributed by atoms with E-state index >= 15 is 0 Å². The van der Waals surface area contributed by atoms with Gasteiger partial charge < -0.3 is 15.5 Å². The minimum atomic E-state index is -4.55. The lowest BCUT2D eigenvalue weighted by atomic mass is 10.2. The number of aliphatic hydroxyl groups excluding tert-OH is 2. The van der Waals surface area contributed by atoms with E-state index in [9.17, 15) is 31.5 Å². The van der Waals surface area contributed by atoms with Crippen molar-refractivity contribution < 1.29 is 36.6 Å². The molecule has 0 spiro atoms. The van der Waals surface area contributed by atoms with Crippen molar-refractivity contribution in [2.24, 2.45) is 0 Å². The molecule has 1 aromatic carbocycles. The Balaban J connectivity index is 2.07. The van der Waals surface area contributed by atoms with Crippen molar-refractivity contribution in [3.05, 3.63) is 29.8 Å². The highest BCUT2D eigenvalue weighted by molar-refractivity contribution is 7.91. The molecule has 0 saturated carbocycles. The van der Waals surface area contributed by atoms with Crippen LogP contribution in [-0.4, -0.2) is 72.8 Å². The van der Waals surface area contributed by atoms with Gasteiger partial charge in [0, 0.05) is 18.3 Å². The summed E-state index contributed by atoms with van der Waals surface area (Å²) in [6, 6.07) is 3.63. The lowest BCUT2D eigenvalue weighted by Crippen LogP contribution is -2.46. The highest BCUT2D eigenvalue weighted by atomic mass is 32.2. The largest absolute Gasteiger partial charge is 0.416 e. The van der Waals surface area contributed by atoms with Gasteiger partial charge in [-0.3, -0.25) is 9.69 Å². The fourth-order valence-corrected chi connectivity index (χ4v) is 4.65. The molecule has 2 atom stereocenters. The van der Waals surface area contributed by atoms with Crippen molar-refractivity contribution >= 4 is 21.4 Å². The van der Waals surface area contributed by atoms with E-state index in [1.807, 2.05) is 0 Å². The molecule has 1 aromatic rings. The van der Waals surface area contributed by atoms with Gasteiger partial charge >= 0.3 is 6.18 Å². The Bertz CT molecular complexity index is 770. The molecule has 11 heteroatoms. The maximum absolute atomic E-state index is 12.7. The predicted molar refractivity (Wildman–Crippen MR) is 91.8 cm³/mol. The summed E-state index contributed by atoms with van der Waals surface area (Å²) in [5, 5.41) is 21.0. The number of sulfone groups is 1. The van der Waals surface area contributed by atoms with E-state index in [1.54, 1.807) is 0 Å². The molecule has 1 aliphatic rings. The van der Waals surface area contributed by atoms with Gasteiger partial charge in [0.1, 0.15) is 0 Å². The number of benzene rings is 1. The van der Waals surface area contributed by atoms with Crippen molar-refractivity contribution in [3.8, 4) is 0 Å². The van der Waals surface area contributed by atoms with Crippen LogP contribution in [0.15, 0.2) is 24.3 Å². The standard InChI is InChI=1S/C16H21F3N2O5S/c17-16(18,19)11-2-1-3-12(6-11)20-15(24)8-21(7-14(23)9-22)13-4-5-27(25,26)10-13/h1-3,6,13-14,22-23H,4-5,7-10H2,(H,20,24). The number of hydrogen-bond donors (Lipinski definition) is 3.